The van der Waals surface area contributed by atoms with Gasteiger partial charge >= 0.3 is 5.97 Å². The first-order valence-corrected chi connectivity index (χ1v) is 8.28. The Kier molecular flexibility index (Phi) is 5.80. The summed E-state index contributed by atoms with van der Waals surface area (Å²) in [6, 6.07) is 21.6. The number of carbonyl (C=O) groups excluding carboxylic acids is 1. The molecule has 0 N–H and O–H groups in total. The monoisotopic (exact) mass is 361 g/mol. The molecule has 27 heavy (non-hydrogen) atoms. The van der Waals surface area contributed by atoms with Gasteiger partial charge in [0.1, 0.15) is 30.3 Å². The fourth-order valence-electron chi connectivity index (χ4n) is 2.40. The molecule has 5 heteroatoms. The van der Waals surface area contributed by atoms with Crippen LogP contribution < -0.4 is 4.74 Å². The van der Waals surface area contributed by atoms with E-state index < -0.39 is 5.97 Å². The lowest BCUT2D eigenvalue weighted by molar-refractivity contribution is 0.0467. The Morgan fingerprint density at radius 2 is 1.52 bits per heavy atom. The molecule has 3 rings (SSSR count). The van der Waals surface area contributed by atoms with Crippen LogP contribution in [0.1, 0.15) is 27.0 Å². The van der Waals surface area contributed by atoms with E-state index >= 15 is 0 Å². The van der Waals surface area contributed by atoms with Crippen LogP contribution in [0.3, 0.4) is 0 Å². The topological polar surface area (TPSA) is 59.3 Å². The van der Waals surface area contributed by atoms with Gasteiger partial charge in [-0.15, -0.1) is 0 Å². The molecule has 0 atom stereocenters. The van der Waals surface area contributed by atoms with E-state index in [1.165, 1.54) is 12.1 Å². The number of halogens is 1. The van der Waals surface area contributed by atoms with Crippen molar-refractivity contribution in [1.82, 2.24) is 0 Å². The standard InChI is InChI=1S/C22H16FNO3/c23-19-11-9-18(10-12-19)14-26-21-4-2-1-3-20(21)22(25)27-15-17-7-5-16(13-24)6-8-17/h1-12H,14-15H2. The van der Waals surface area contributed by atoms with E-state index in [4.69, 9.17) is 14.7 Å². The molecule has 4 nitrogen and oxygen atoms in total. The third-order valence-corrected chi connectivity index (χ3v) is 3.87. The summed E-state index contributed by atoms with van der Waals surface area (Å²) >= 11 is 0. The Bertz CT molecular complexity index is 960. The van der Waals surface area contributed by atoms with Crippen molar-refractivity contribution < 1.29 is 18.7 Å². The molecule has 0 saturated carbocycles. The Labute approximate surface area is 156 Å². The third kappa shape index (κ3) is 4.93. The van der Waals surface area contributed by atoms with Gasteiger partial charge in [0.05, 0.1) is 11.6 Å². The number of hydrogen-bond acceptors (Lipinski definition) is 4. The zero-order chi connectivity index (χ0) is 19.1. The summed E-state index contributed by atoms with van der Waals surface area (Å²) < 4.78 is 24.0. The molecule has 0 saturated heterocycles. The van der Waals surface area contributed by atoms with Gasteiger partial charge in [0, 0.05) is 0 Å². The maximum absolute atomic E-state index is 13.0. The Balaban J connectivity index is 1.64. The first-order chi connectivity index (χ1) is 13.2. The van der Waals surface area contributed by atoms with Crippen LogP contribution in [0, 0.1) is 17.1 Å². The molecule has 0 unspecified atom stereocenters. The molecule has 0 fully saturated rings. The Hall–Kier alpha value is -3.65. The first-order valence-electron chi connectivity index (χ1n) is 8.28. The summed E-state index contributed by atoms with van der Waals surface area (Å²) in [7, 11) is 0. The molecule has 0 aliphatic heterocycles. The largest absolute Gasteiger partial charge is 0.488 e. The second-order valence-electron chi connectivity index (χ2n) is 5.80. The Morgan fingerprint density at radius 3 is 2.22 bits per heavy atom. The lowest BCUT2D eigenvalue weighted by Gasteiger charge is -2.11. The van der Waals surface area contributed by atoms with E-state index in [1.807, 2.05) is 6.07 Å². The smallest absolute Gasteiger partial charge is 0.342 e. The number of rotatable bonds is 6. The summed E-state index contributed by atoms with van der Waals surface area (Å²) in [5.41, 5.74) is 2.43. The second kappa shape index (κ2) is 8.63. The van der Waals surface area contributed by atoms with Crippen LogP contribution in [0.2, 0.25) is 0 Å². The second-order valence-corrected chi connectivity index (χ2v) is 5.80. The van der Waals surface area contributed by atoms with Crippen molar-refractivity contribution in [3.05, 3.63) is 101 Å². The Morgan fingerprint density at radius 1 is 0.889 bits per heavy atom. The van der Waals surface area contributed by atoms with Crippen LogP contribution in [-0.4, -0.2) is 5.97 Å². The van der Waals surface area contributed by atoms with Gasteiger partial charge in [0.25, 0.3) is 0 Å². The van der Waals surface area contributed by atoms with E-state index in [0.29, 0.717) is 16.9 Å². The predicted octanol–water partition coefficient (Wildman–Crippen LogP) is 4.63. The van der Waals surface area contributed by atoms with Crippen molar-refractivity contribution in [2.24, 2.45) is 0 Å². The number of ether oxygens (including phenoxy) is 2. The molecule has 0 radical (unpaired) electrons. The molecule has 0 amide bonds. The molecule has 0 aliphatic rings. The lowest BCUT2D eigenvalue weighted by Crippen LogP contribution is -2.08. The maximum atomic E-state index is 13.0. The fourth-order valence-corrected chi connectivity index (χ4v) is 2.40. The van der Waals surface area contributed by atoms with E-state index in [1.54, 1.807) is 60.7 Å². The summed E-state index contributed by atoms with van der Waals surface area (Å²) in [5.74, 6) is -0.425. The van der Waals surface area contributed by atoms with E-state index in [2.05, 4.69) is 0 Å². The first kappa shape index (κ1) is 18.2. The molecule has 0 aromatic heterocycles. The minimum Gasteiger partial charge on any atom is -0.488 e. The van der Waals surface area contributed by atoms with Crippen molar-refractivity contribution in [2.75, 3.05) is 0 Å². The van der Waals surface area contributed by atoms with Gasteiger partial charge in [0.2, 0.25) is 0 Å². The highest BCUT2D eigenvalue weighted by molar-refractivity contribution is 5.92. The molecular weight excluding hydrogens is 345 g/mol. The quantitative estimate of drug-likeness (QED) is 0.601. The molecule has 3 aromatic carbocycles. The SMILES string of the molecule is N#Cc1ccc(COC(=O)c2ccccc2OCc2ccc(F)cc2)cc1. The maximum Gasteiger partial charge on any atom is 0.342 e. The number of benzene rings is 3. The minimum atomic E-state index is -0.505. The molecule has 134 valence electrons. The van der Waals surface area contributed by atoms with E-state index in [0.717, 1.165) is 11.1 Å². The minimum absolute atomic E-state index is 0.0941. The lowest BCUT2D eigenvalue weighted by atomic mass is 10.1. The van der Waals surface area contributed by atoms with Gasteiger partial charge in [-0.05, 0) is 47.5 Å². The summed E-state index contributed by atoms with van der Waals surface area (Å²) in [5, 5.41) is 8.80. The van der Waals surface area contributed by atoms with Crippen molar-refractivity contribution in [3.63, 3.8) is 0 Å². The molecular formula is C22H16FNO3. The number of nitriles is 1. The van der Waals surface area contributed by atoms with Gasteiger partial charge in [0.15, 0.2) is 0 Å². The molecule has 0 spiro atoms. The fraction of sp³-hybridized carbons (Fsp3) is 0.0909. The number of hydrogen-bond donors (Lipinski definition) is 0. The highest BCUT2D eigenvalue weighted by Crippen LogP contribution is 2.21. The highest BCUT2D eigenvalue weighted by atomic mass is 19.1. The van der Waals surface area contributed by atoms with Crippen molar-refractivity contribution in [3.8, 4) is 11.8 Å². The van der Waals surface area contributed by atoms with Crippen molar-refractivity contribution in [2.45, 2.75) is 13.2 Å². The van der Waals surface area contributed by atoms with Crippen LogP contribution in [0.5, 0.6) is 5.75 Å². The summed E-state index contributed by atoms with van der Waals surface area (Å²) in [6.07, 6.45) is 0. The van der Waals surface area contributed by atoms with E-state index in [-0.39, 0.29) is 19.0 Å². The van der Waals surface area contributed by atoms with Crippen LogP contribution in [0.25, 0.3) is 0 Å². The van der Waals surface area contributed by atoms with Gasteiger partial charge in [-0.3, -0.25) is 0 Å². The van der Waals surface area contributed by atoms with Crippen LogP contribution in [0.15, 0.2) is 72.8 Å². The summed E-state index contributed by atoms with van der Waals surface area (Å²) in [6.45, 7) is 0.303. The van der Waals surface area contributed by atoms with Crippen LogP contribution in [-0.2, 0) is 18.0 Å². The number of carbonyl (C=O) groups is 1. The molecule has 0 bridgehead atoms. The zero-order valence-corrected chi connectivity index (χ0v) is 14.4. The zero-order valence-electron chi connectivity index (χ0n) is 14.4. The highest BCUT2D eigenvalue weighted by Gasteiger charge is 2.14. The van der Waals surface area contributed by atoms with E-state index in [9.17, 15) is 9.18 Å². The van der Waals surface area contributed by atoms with Crippen molar-refractivity contribution in [1.29, 1.82) is 5.26 Å². The summed E-state index contributed by atoms with van der Waals surface area (Å²) in [4.78, 5) is 12.4. The number of esters is 1. The average Bonchev–Trinajstić information content (AvgIpc) is 2.72. The van der Waals surface area contributed by atoms with Gasteiger partial charge in [-0.1, -0.05) is 36.4 Å². The molecule has 0 aliphatic carbocycles. The van der Waals surface area contributed by atoms with Gasteiger partial charge in [-0.25, -0.2) is 9.18 Å². The predicted molar refractivity (Wildman–Crippen MR) is 97.5 cm³/mol. The van der Waals surface area contributed by atoms with Gasteiger partial charge in [-0.2, -0.15) is 5.26 Å². The molecule has 0 heterocycles. The van der Waals surface area contributed by atoms with Crippen molar-refractivity contribution >= 4 is 5.97 Å². The number of nitrogens with zero attached hydrogens (tertiary/aromatic N) is 1. The van der Waals surface area contributed by atoms with Crippen LogP contribution in [0.4, 0.5) is 4.39 Å². The average molecular weight is 361 g/mol. The number of para-hydroxylation sites is 1. The third-order valence-electron chi connectivity index (χ3n) is 3.87. The van der Waals surface area contributed by atoms with Crippen LogP contribution >= 0.6 is 0 Å². The normalized spacial score (nSPS) is 10.1. The van der Waals surface area contributed by atoms with Gasteiger partial charge < -0.3 is 9.47 Å². The molecule has 3 aromatic rings.